The SMILES string of the molecule is NC[C@@H]1CN(c2nccc(Nc3cc(C4CCCC4)[nH]n3)n2)CCO1. The van der Waals surface area contributed by atoms with Gasteiger partial charge in [-0.2, -0.15) is 10.1 Å². The summed E-state index contributed by atoms with van der Waals surface area (Å²) in [6, 6.07) is 3.95. The summed E-state index contributed by atoms with van der Waals surface area (Å²) in [5.74, 6) is 2.85. The molecule has 0 aromatic carbocycles. The summed E-state index contributed by atoms with van der Waals surface area (Å²) in [4.78, 5) is 11.1. The maximum atomic E-state index is 5.71. The second-order valence-corrected chi connectivity index (χ2v) is 6.73. The summed E-state index contributed by atoms with van der Waals surface area (Å²) in [7, 11) is 0. The molecular weight excluding hydrogens is 318 g/mol. The van der Waals surface area contributed by atoms with Crippen LogP contribution in [0, 0.1) is 0 Å². The van der Waals surface area contributed by atoms with Gasteiger partial charge in [-0.15, -0.1) is 0 Å². The predicted molar refractivity (Wildman–Crippen MR) is 96.1 cm³/mol. The normalized spacial score (nSPS) is 21.6. The molecule has 0 amide bonds. The molecule has 0 unspecified atom stereocenters. The van der Waals surface area contributed by atoms with E-state index in [-0.39, 0.29) is 6.10 Å². The molecular formula is C17H25N7O. The van der Waals surface area contributed by atoms with E-state index in [1.54, 1.807) is 6.20 Å². The van der Waals surface area contributed by atoms with Crippen molar-refractivity contribution >= 4 is 17.6 Å². The maximum Gasteiger partial charge on any atom is 0.227 e. The van der Waals surface area contributed by atoms with E-state index in [1.807, 2.05) is 6.07 Å². The summed E-state index contributed by atoms with van der Waals surface area (Å²) < 4.78 is 5.60. The Labute approximate surface area is 147 Å². The number of H-pyrrole nitrogens is 1. The van der Waals surface area contributed by atoms with E-state index in [0.29, 0.717) is 31.6 Å². The van der Waals surface area contributed by atoms with Crippen molar-refractivity contribution in [1.29, 1.82) is 0 Å². The fourth-order valence-corrected chi connectivity index (χ4v) is 3.59. The first kappa shape index (κ1) is 16.3. The Morgan fingerprint density at radius 2 is 2.20 bits per heavy atom. The lowest BCUT2D eigenvalue weighted by Crippen LogP contribution is -2.46. The Hall–Kier alpha value is -2.19. The van der Waals surface area contributed by atoms with Crippen LogP contribution in [0.25, 0.3) is 0 Å². The molecule has 2 fully saturated rings. The number of hydrogen-bond donors (Lipinski definition) is 3. The van der Waals surface area contributed by atoms with E-state index in [4.69, 9.17) is 10.5 Å². The summed E-state index contributed by atoms with van der Waals surface area (Å²) in [5.41, 5.74) is 6.93. The minimum atomic E-state index is 0.0364. The zero-order chi connectivity index (χ0) is 17.1. The van der Waals surface area contributed by atoms with Crippen LogP contribution < -0.4 is 16.0 Å². The topological polar surface area (TPSA) is 105 Å². The molecule has 3 heterocycles. The zero-order valence-corrected chi connectivity index (χ0v) is 14.3. The molecule has 25 heavy (non-hydrogen) atoms. The van der Waals surface area contributed by atoms with E-state index in [1.165, 1.54) is 31.4 Å². The van der Waals surface area contributed by atoms with Crippen molar-refractivity contribution in [2.75, 3.05) is 36.5 Å². The third kappa shape index (κ3) is 3.74. The number of ether oxygens (including phenoxy) is 1. The number of hydrogen-bond acceptors (Lipinski definition) is 7. The summed E-state index contributed by atoms with van der Waals surface area (Å²) in [6.07, 6.45) is 6.92. The molecule has 1 saturated carbocycles. The van der Waals surface area contributed by atoms with Crippen molar-refractivity contribution in [3.05, 3.63) is 24.0 Å². The summed E-state index contributed by atoms with van der Waals surface area (Å²) in [6.45, 7) is 2.64. The highest BCUT2D eigenvalue weighted by molar-refractivity contribution is 5.53. The molecule has 2 aromatic heterocycles. The third-order valence-electron chi connectivity index (χ3n) is 4.98. The Kier molecular flexibility index (Phi) is 4.80. The van der Waals surface area contributed by atoms with Gasteiger partial charge in [0, 0.05) is 43.5 Å². The van der Waals surface area contributed by atoms with Crippen molar-refractivity contribution in [1.82, 2.24) is 20.2 Å². The second kappa shape index (κ2) is 7.37. The first-order chi connectivity index (χ1) is 12.3. The van der Waals surface area contributed by atoms with Gasteiger partial charge in [0.2, 0.25) is 5.95 Å². The summed E-state index contributed by atoms with van der Waals surface area (Å²) >= 11 is 0. The Morgan fingerprint density at radius 3 is 3.04 bits per heavy atom. The van der Waals surface area contributed by atoms with Gasteiger partial charge in [-0.1, -0.05) is 12.8 Å². The van der Waals surface area contributed by atoms with Gasteiger partial charge in [0.05, 0.1) is 12.7 Å². The molecule has 0 bridgehead atoms. The maximum absolute atomic E-state index is 5.71. The molecule has 8 nitrogen and oxygen atoms in total. The van der Waals surface area contributed by atoms with Gasteiger partial charge in [-0.25, -0.2) is 4.98 Å². The molecule has 2 aromatic rings. The molecule has 134 valence electrons. The van der Waals surface area contributed by atoms with Crippen molar-refractivity contribution in [2.24, 2.45) is 5.73 Å². The van der Waals surface area contributed by atoms with Crippen LogP contribution in [0.2, 0.25) is 0 Å². The van der Waals surface area contributed by atoms with Gasteiger partial charge in [0.15, 0.2) is 5.82 Å². The van der Waals surface area contributed by atoms with Crippen molar-refractivity contribution in [3.8, 4) is 0 Å². The minimum Gasteiger partial charge on any atom is -0.373 e. The molecule has 0 radical (unpaired) electrons. The van der Waals surface area contributed by atoms with E-state index >= 15 is 0 Å². The van der Waals surface area contributed by atoms with E-state index in [0.717, 1.165) is 18.2 Å². The van der Waals surface area contributed by atoms with Gasteiger partial charge in [0.1, 0.15) is 5.82 Å². The number of anilines is 3. The first-order valence-electron chi connectivity index (χ1n) is 9.04. The average Bonchev–Trinajstić information content (AvgIpc) is 3.34. The highest BCUT2D eigenvalue weighted by Crippen LogP contribution is 2.34. The smallest absolute Gasteiger partial charge is 0.227 e. The lowest BCUT2D eigenvalue weighted by molar-refractivity contribution is 0.0460. The van der Waals surface area contributed by atoms with Crippen LogP contribution in [0.1, 0.15) is 37.3 Å². The van der Waals surface area contributed by atoms with Crippen LogP contribution >= 0.6 is 0 Å². The van der Waals surface area contributed by atoms with Crippen LogP contribution in [-0.2, 0) is 4.74 Å². The highest BCUT2D eigenvalue weighted by atomic mass is 16.5. The number of morpholine rings is 1. The largest absolute Gasteiger partial charge is 0.373 e. The van der Waals surface area contributed by atoms with Gasteiger partial charge in [-0.3, -0.25) is 5.10 Å². The molecule has 1 aliphatic carbocycles. The number of aromatic amines is 1. The number of aromatic nitrogens is 4. The Morgan fingerprint density at radius 1 is 1.32 bits per heavy atom. The van der Waals surface area contributed by atoms with Gasteiger partial charge < -0.3 is 20.7 Å². The fraction of sp³-hybridized carbons (Fsp3) is 0.588. The molecule has 0 spiro atoms. The number of nitrogens with two attached hydrogens (primary N) is 1. The molecule has 1 atom stereocenters. The third-order valence-corrected chi connectivity index (χ3v) is 4.98. The second-order valence-electron chi connectivity index (χ2n) is 6.73. The molecule has 8 heteroatoms. The van der Waals surface area contributed by atoms with E-state index in [2.05, 4.69) is 36.4 Å². The number of rotatable bonds is 5. The minimum absolute atomic E-state index is 0.0364. The quantitative estimate of drug-likeness (QED) is 0.760. The monoisotopic (exact) mass is 343 g/mol. The van der Waals surface area contributed by atoms with Crippen LogP contribution in [0.4, 0.5) is 17.6 Å². The average molecular weight is 343 g/mol. The number of nitrogens with zero attached hydrogens (tertiary/aromatic N) is 4. The summed E-state index contributed by atoms with van der Waals surface area (Å²) in [5, 5.41) is 10.8. The predicted octanol–water partition coefficient (Wildman–Crippen LogP) is 1.76. The van der Waals surface area contributed by atoms with Crippen LogP contribution in [0.3, 0.4) is 0 Å². The van der Waals surface area contributed by atoms with Crippen molar-refractivity contribution < 1.29 is 4.74 Å². The first-order valence-corrected chi connectivity index (χ1v) is 9.04. The van der Waals surface area contributed by atoms with E-state index < -0.39 is 0 Å². The van der Waals surface area contributed by atoms with Crippen molar-refractivity contribution in [3.63, 3.8) is 0 Å². The van der Waals surface area contributed by atoms with Crippen LogP contribution in [0.15, 0.2) is 18.3 Å². The number of nitrogens with one attached hydrogen (secondary N) is 2. The Balaban J connectivity index is 1.44. The lowest BCUT2D eigenvalue weighted by atomic mass is 10.0. The van der Waals surface area contributed by atoms with Gasteiger partial charge >= 0.3 is 0 Å². The highest BCUT2D eigenvalue weighted by Gasteiger charge is 2.22. The molecule has 1 aliphatic heterocycles. The molecule has 1 saturated heterocycles. The van der Waals surface area contributed by atoms with Crippen LogP contribution in [0.5, 0.6) is 0 Å². The lowest BCUT2D eigenvalue weighted by Gasteiger charge is -2.32. The van der Waals surface area contributed by atoms with Gasteiger partial charge in [-0.05, 0) is 18.9 Å². The fourth-order valence-electron chi connectivity index (χ4n) is 3.59. The van der Waals surface area contributed by atoms with Crippen molar-refractivity contribution in [2.45, 2.75) is 37.7 Å². The Bertz CT molecular complexity index is 698. The van der Waals surface area contributed by atoms with E-state index in [9.17, 15) is 0 Å². The van der Waals surface area contributed by atoms with Gasteiger partial charge in [0.25, 0.3) is 0 Å². The molecule has 4 N–H and O–H groups in total. The van der Waals surface area contributed by atoms with Crippen LogP contribution in [-0.4, -0.2) is 52.5 Å². The zero-order valence-electron chi connectivity index (χ0n) is 14.3. The standard InChI is InChI=1S/C17H25N7O/c18-10-13-11-24(7-8-25-13)17-19-6-5-15(21-17)20-16-9-14(22-23-16)12-3-1-2-4-12/h5-6,9,12-13H,1-4,7-8,10-11,18H2,(H2,19,20,21,22,23)/t13-/m1/s1. The molecule has 4 rings (SSSR count). The molecule has 2 aliphatic rings.